The molecule has 0 unspecified atom stereocenters. The highest BCUT2D eigenvalue weighted by molar-refractivity contribution is 6.62. The Morgan fingerprint density at radius 3 is 2.04 bits per heavy atom. The van der Waals surface area contributed by atoms with Crippen LogP contribution in [0.4, 0.5) is 0 Å². The van der Waals surface area contributed by atoms with Gasteiger partial charge in [-0.3, -0.25) is 0 Å². The number of benzene rings is 5. The van der Waals surface area contributed by atoms with Crippen LogP contribution in [0.2, 0.25) is 0 Å². The van der Waals surface area contributed by atoms with Crippen molar-refractivity contribution in [3.63, 3.8) is 0 Å². The molecule has 0 saturated heterocycles. The fourth-order valence-electron chi connectivity index (χ4n) is 3.99. The van der Waals surface area contributed by atoms with Crippen LogP contribution in [0.25, 0.3) is 43.4 Å². The van der Waals surface area contributed by atoms with E-state index >= 15 is 0 Å². The summed E-state index contributed by atoms with van der Waals surface area (Å²) >= 11 is 0. The zero-order valence-corrected chi connectivity index (χ0v) is 14.6. The Labute approximate surface area is 157 Å². The fourth-order valence-corrected chi connectivity index (χ4v) is 3.99. The predicted molar refractivity (Wildman–Crippen MR) is 114 cm³/mol. The standard InChI is InChI=1S/C24H17BO2/c26-25(27)23-11-5-10-21-22(23)15-18-8-3-4-9-20(18)24(21)19-13-12-16-6-1-2-7-17(16)14-19/h1-15,26-27H. The minimum Gasteiger partial charge on any atom is -0.423 e. The zero-order chi connectivity index (χ0) is 18.4. The van der Waals surface area contributed by atoms with Gasteiger partial charge in [0.1, 0.15) is 0 Å². The molecule has 0 bridgehead atoms. The molecule has 5 aromatic carbocycles. The first-order valence-corrected chi connectivity index (χ1v) is 9.02. The van der Waals surface area contributed by atoms with E-state index in [-0.39, 0.29) is 0 Å². The van der Waals surface area contributed by atoms with Crippen molar-refractivity contribution >= 4 is 44.9 Å². The summed E-state index contributed by atoms with van der Waals surface area (Å²) in [5, 5.41) is 26.2. The normalized spacial score (nSPS) is 11.3. The van der Waals surface area contributed by atoms with Gasteiger partial charge in [0.15, 0.2) is 0 Å². The summed E-state index contributed by atoms with van der Waals surface area (Å²) in [5.74, 6) is 0. The lowest BCUT2D eigenvalue weighted by atomic mass is 9.75. The van der Waals surface area contributed by atoms with Gasteiger partial charge in [0.25, 0.3) is 0 Å². The summed E-state index contributed by atoms with van der Waals surface area (Å²) in [6.07, 6.45) is 0. The summed E-state index contributed by atoms with van der Waals surface area (Å²) in [5.41, 5.74) is 2.77. The minimum atomic E-state index is -1.50. The maximum absolute atomic E-state index is 9.85. The molecule has 0 spiro atoms. The molecule has 0 amide bonds. The second-order valence-electron chi connectivity index (χ2n) is 6.85. The Kier molecular flexibility index (Phi) is 3.71. The van der Waals surface area contributed by atoms with Crippen molar-refractivity contribution in [1.29, 1.82) is 0 Å². The van der Waals surface area contributed by atoms with Gasteiger partial charge in [-0.05, 0) is 61.0 Å². The van der Waals surface area contributed by atoms with Gasteiger partial charge in [0.2, 0.25) is 0 Å². The first-order valence-electron chi connectivity index (χ1n) is 9.02. The Hall–Kier alpha value is -3.14. The molecule has 0 radical (unpaired) electrons. The molecule has 2 nitrogen and oxygen atoms in total. The summed E-state index contributed by atoms with van der Waals surface area (Å²) in [7, 11) is -1.50. The molecule has 2 N–H and O–H groups in total. The molecule has 3 heteroatoms. The van der Waals surface area contributed by atoms with Crippen LogP contribution < -0.4 is 5.46 Å². The summed E-state index contributed by atoms with van der Waals surface area (Å²) < 4.78 is 0. The van der Waals surface area contributed by atoms with Crippen molar-refractivity contribution < 1.29 is 10.0 Å². The van der Waals surface area contributed by atoms with Crippen molar-refractivity contribution in [3.05, 3.63) is 91.0 Å². The van der Waals surface area contributed by atoms with Gasteiger partial charge in [0.05, 0.1) is 0 Å². The smallest absolute Gasteiger partial charge is 0.423 e. The third-order valence-electron chi connectivity index (χ3n) is 5.26. The molecule has 5 aromatic rings. The monoisotopic (exact) mass is 348 g/mol. The molecule has 0 heterocycles. The van der Waals surface area contributed by atoms with Crippen LogP contribution in [0.1, 0.15) is 0 Å². The molecule has 0 aromatic heterocycles. The Bertz CT molecular complexity index is 1310. The van der Waals surface area contributed by atoms with E-state index in [0.29, 0.717) is 5.46 Å². The van der Waals surface area contributed by atoms with E-state index in [0.717, 1.165) is 32.7 Å². The average molecular weight is 348 g/mol. The zero-order valence-electron chi connectivity index (χ0n) is 14.6. The van der Waals surface area contributed by atoms with E-state index in [2.05, 4.69) is 48.5 Å². The van der Waals surface area contributed by atoms with E-state index in [1.165, 1.54) is 10.8 Å². The molecule has 0 aliphatic carbocycles. The third kappa shape index (κ3) is 2.60. The maximum Gasteiger partial charge on any atom is 0.489 e. The van der Waals surface area contributed by atoms with Gasteiger partial charge >= 0.3 is 7.12 Å². The fraction of sp³-hybridized carbons (Fsp3) is 0. The number of fused-ring (bicyclic) bond motifs is 3. The van der Waals surface area contributed by atoms with Crippen LogP contribution in [-0.4, -0.2) is 17.2 Å². The van der Waals surface area contributed by atoms with E-state index in [1.807, 2.05) is 36.4 Å². The molecule has 27 heavy (non-hydrogen) atoms. The van der Waals surface area contributed by atoms with E-state index in [1.54, 1.807) is 6.07 Å². The van der Waals surface area contributed by atoms with Crippen LogP contribution in [0.15, 0.2) is 91.0 Å². The van der Waals surface area contributed by atoms with Crippen molar-refractivity contribution in [2.75, 3.05) is 0 Å². The van der Waals surface area contributed by atoms with Crippen LogP contribution in [0.5, 0.6) is 0 Å². The van der Waals surface area contributed by atoms with Crippen molar-refractivity contribution in [1.82, 2.24) is 0 Å². The molecule has 0 aliphatic rings. The molecule has 0 atom stereocenters. The summed E-state index contributed by atoms with van der Waals surface area (Å²) in [6, 6.07) is 30.8. The van der Waals surface area contributed by atoms with Gasteiger partial charge < -0.3 is 10.0 Å². The largest absolute Gasteiger partial charge is 0.489 e. The Morgan fingerprint density at radius 1 is 0.519 bits per heavy atom. The quantitative estimate of drug-likeness (QED) is 0.364. The molecule has 0 fully saturated rings. The Morgan fingerprint density at radius 2 is 1.22 bits per heavy atom. The lowest BCUT2D eigenvalue weighted by molar-refractivity contribution is 0.426. The van der Waals surface area contributed by atoms with Crippen molar-refractivity contribution in [2.45, 2.75) is 0 Å². The lowest BCUT2D eigenvalue weighted by Gasteiger charge is -2.15. The van der Waals surface area contributed by atoms with Crippen LogP contribution in [-0.2, 0) is 0 Å². The van der Waals surface area contributed by atoms with Crippen LogP contribution in [0, 0.1) is 0 Å². The van der Waals surface area contributed by atoms with Crippen molar-refractivity contribution in [3.8, 4) is 11.1 Å². The highest BCUT2D eigenvalue weighted by Gasteiger charge is 2.18. The van der Waals surface area contributed by atoms with Gasteiger partial charge in [-0.1, -0.05) is 78.9 Å². The molecule has 128 valence electrons. The van der Waals surface area contributed by atoms with Gasteiger partial charge in [-0.2, -0.15) is 0 Å². The average Bonchev–Trinajstić information content (AvgIpc) is 2.71. The first-order chi connectivity index (χ1) is 13.2. The molecular weight excluding hydrogens is 331 g/mol. The van der Waals surface area contributed by atoms with Gasteiger partial charge in [-0.15, -0.1) is 0 Å². The van der Waals surface area contributed by atoms with Gasteiger partial charge in [0, 0.05) is 0 Å². The predicted octanol–water partition coefficient (Wildman–Crippen LogP) is 4.49. The second-order valence-corrected chi connectivity index (χ2v) is 6.85. The first kappa shape index (κ1) is 16.1. The minimum absolute atomic E-state index is 0.528. The van der Waals surface area contributed by atoms with E-state index < -0.39 is 7.12 Å². The van der Waals surface area contributed by atoms with Crippen LogP contribution >= 0.6 is 0 Å². The second kappa shape index (κ2) is 6.24. The van der Waals surface area contributed by atoms with E-state index in [4.69, 9.17) is 0 Å². The van der Waals surface area contributed by atoms with E-state index in [9.17, 15) is 10.0 Å². The number of rotatable bonds is 2. The third-order valence-corrected chi connectivity index (χ3v) is 5.26. The molecule has 0 saturated carbocycles. The SMILES string of the molecule is OB(O)c1cccc2c(-c3ccc4ccccc4c3)c3ccccc3cc12. The van der Waals surface area contributed by atoms with Crippen molar-refractivity contribution in [2.24, 2.45) is 0 Å². The highest BCUT2D eigenvalue weighted by atomic mass is 16.4. The highest BCUT2D eigenvalue weighted by Crippen LogP contribution is 2.37. The molecule has 5 rings (SSSR count). The van der Waals surface area contributed by atoms with Gasteiger partial charge in [-0.25, -0.2) is 0 Å². The summed E-state index contributed by atoms with van der Waals surface area (Å²) in [6.45, 7) is 0. The summed E-state index contributed by atoms with van der Waals surface area (Å²) in [4.78, 5) is 0. The molecular formula is C24H17BO2. The Balaban J connectivity index is 1.94. The van der Waals surface area contributed by atoms with Crippen LogP contribution in [0.3, 0.4) is 0 Å². The number of hydrogen-bond acceptors (Lipinski definition) is 2. The maximum atomic E-state index is 9.85. The topological polar surface area (TPSA) is 40.5 Å². The lowest BCUT2D eigenvalue weighted by Crippen LogP contribution is -2.30. The molecule has 0 aliphatic heterocycles. The number of hydrogen-bond donors (Lipinski definition) is 2.